The molecule has 0 amide bonds. The quantitative estimate of drug-likeness (QED) is 0.853. The van der Waals surface area contributed by atoms with Crippen LogP contribution in [0.15, 0.2) is 47.6 Å². The van der Waals surface area contributed by atoms with Crippen molar-refractivity contribution in [2.75, 3.05) is 17.1 Å². The zero-order valence-corrected chi connectivity index (χ0v) is 12.4. The molecular weight excluding hydrogens is 290 g/mol. The van der Waals surface area contributed by atoms with E-state index in [9.17, 15) is 8.42 Å². The summed E-state index contributed by atoms with van der Waals surface area (Å²) in [5.41, 5.74) is 6.16. The number of hydrogen-bond donors (Lipinski definition) is 2. The Morgan fingerprint density at radius 2 is 1.95 bits per heavy atom. The fourth-order valence-corrected chi connectivity index (χ4v) is 2.79. The van der Waals surface area contributed by atoms with E-state index in [1.807, 2.05) is 6.92 Å². The highest BCUT2D eigenvalue weighted by Gasteiger charge is 2.18. The number of nitrogens with two attached hydrogens (primary N) is 1. The van der Waals surface area contributed by atoms with Crippen LogP contribution in [0.4, 0.5) is 11.4 Å². The Morgan fingerprint density at radius 1 is 1.24 bits per heavy atom. The number of aromatic nitrogens is 1. The van der Waals surface area contributed by atoms with E-state index in [0.29, 0.717) is 18.0 Å². The molecule has 112 valence electrons. The van der Waals surface area contributed by atoms with Crippen molar-refractivity contribution in [3.8, 4) is 5.75 Å². The first-order chi connectivity index (χ1) is 10.0. The molecule has 3 N–H and O–H groups in total. The van der Waals surface area contributed by atoms with Gasteiger partial charge in [0.2, 0.25) is 0 Å². The number of rotatable bonds is 6. The van der Waals surface area contributed by atoms with Crippen LogP contribution in [-0.4, -0.2) is 20.0 Å². The third-order valence-electron chi connectivity index (χ3n) is 2.63. The number of nitrogens with zero attached hydrogens (tertiary/aromatic N) is 1. The molecule has 7 heteroatoms. The summed E-state index contributed by atoms with van der Waals surface area (Å²) in [7, 11) is -3.80. The lowest BCUT2D eigenvalue weighted by Crippen LogP contribution is -2.16. The highest BCUT2D eigenvalue weighted by atomic mass is 32.2. The zero-order chi connectivity index (χ0) is 15.3. The summed E-state index contributed by atoms with van der Waals surface area (Å²) in [6.07, 6.45) is 2.29. The van der Waals surface area contributed by atoms with E-state index in [4.69, 9.17) is 10.5 Å². The first kappa shape index (κ1) is 15.1. The second kappa shape index (κ2) is 6.45. The summed E-state index contributed by atoms with van der Waals surface area (Å²) in [4.78, 5) is 3.80. The number of sulfonamides is 1. The summed E-state index contributed by atoms with van der Waals surface area (Å²) in [5, 5.41) is -0.184. The molecule has 1 aromatic carbocycles. The molecule has 2 rings (SSSR count). The van der Waals surface area contributed by atoms with Gasteiger partial charge in [-0.25, -0.2) is 4.98 Å². The molecule has 2 aromatic rings. The first-order valence-corrected chi connectivity index (χ1v) is 7.97. The molecule has 0 aliphatic heterocycles. The van der Waals surface area contributed by atoms with Gasteiger partial charge in [-0.1, -0.05) is 6.92 Å². The zero-order valence-electron chi connectivity index (χ0n) is 11.6. The molecule has 0 saturated carbocycles. The first-order valence-electron chi connectivity index (χ1n) is 6.49. The molecule has 0 aliphatic rings. The summed E-state index contributed by atoms with van der Waals surface area (Å²) in [6.45, 7) is 2.63. The number of hydrogen-bond acceptors (Lipinski definition) is 5. The molecule has 0 aliphatic carbocycles. The van der Waals surface area contributed by atoms with Gasteiger partial charge in [0.25, 0.3) is 10.0 Å². The molecule has 0 radical (unpaired) electrons. The third kappa shape index (κ3) is 3.85. The van der Waals surface area contributed by atoms with Crippen molar-refractivity contribution >= 4 is 21.4 Å². The molecule has 1 aromatic heterocycles. The van der Waals surface area contributed by atoms with Crippen molar-refractivity contribution in [1.82, 2.24) is 4.98 Å². The minimum atomic E-state index is -3.80. The van der Waals surface area contributed by atoms with Gasteiger partial charge in [0, 0.05) is 11.9 Å². The van der Waals surface area contributed by atoms with Crippen LogP contribution in [-0.2, 0) is 10.0 Å². The molecule has 0 fully saturated rings. The SMILES string of the molecule is CCCOc1ccc(NS(=O)(=O)c2ncccc2N)cc1. The van der Waals surface area contributed by atoms with Crippen LogP contribution in [0.3, 0.4) is 0 Å². The van der Waals surface area contributed by atoms with Crippen molar-refractivity contribution in [1.29, 1.82) is 0 Å². The highest BCUT2D eigenvalue weighted by molar-refractivity contribution is 7.92. The summed E-state index contributed by atoms with van der Waals surface area (Å²) in [6, 6.07) is 9.73. The lowest BCUT2D eigenvalue weighted by molar-refractivity contribution is 0.317. The Bertz CT molecular complexity index is 700. The lowest BCUT2D eigenvalue weighted by atomic mass is 10.3. The van der Waals surface area contributed by atoms with E-state index in [2.05, 4.69) is 9.71 Å². The summed E-state index contributed by atoms with van der Waals surface area (Å²) in [5.74, 6) is 0.692. The van der Waals surface area contributed by atoms with Crippen molar-refractivity contribution < 1.29 is 13.2 Å². The number of pyridine rings is 1. The minimum Gasteiger partial charge on any atom is -0.494 e. The van der Waals surface area contributed by atoms with E-state index in [1.54, 1.807) is 30.3 Å². The van der Waals surface area contributed by atoms with Gasteiger partial charge in [-0.2, -0.15) is 8.42 Å². The Morgan fingerprint density at radius 3 is 2.57 bits per heavy atom. The maximum Gasteiger partial charge on any atom is 0.281 e. The standard InChI is InChI=1S/C14H17N3O3S/c1-2-10-20-12-7-5-11(6-8-12)17-21(18,19)14-13(15)4-3-9-16-14/h3-9,17H,2,10,15H2,1H3. The molecular formula is C14H17N3O3S. The van der Waals surface area contributed by atoms with E-state index in [0.717, 1.165) is 6.42 Å². The number of ether oxygens (including phenoxy) is 1. The predicted molar refractivity (Wildman–Crippen MR) is 81.7 cm³/mol. The lowest BCUT2D eigenvalue weighted by Gasteiger charge is -2.10. The molecule has 1 heterocycles. The average Bonchev–Trinajstić information content (AvgIpc) is 2.46. The number of anilines is 2. The largest absolute Gasteiger partial charge is 0.494 e. The van der Waals surface area contributed by atoms with Crippen LogP contribution in [0.25, 0.3) is 0 Å². The van der Waals surface area contributed by atoms with Crippen LogP contribution in [0.1, 0.15) is 13.3 Å². The Hall–Kier alpha value is -2.28. The molecule has 0 atom stereocenters. The van der Waals surface area contributed by atoms with Crippen LogP contribution in [0.5, 0.6) is 5.75 Å². The topological polar surface area (TPSA) is 94.3 Å². The number of nitrogens with one attached hydrogen (secondary N) is 1. The fourth-order valence-electron chi connectivity index (χ4n) is 1.67. The average molecular weight is 307 g/mol. The molecule has 21 heavy (non-hydrogen) atoms. The van der Waals surface area contributed by atoms with Gasteiger partial charge in [0.05, 0.1) is 12.3 Å². The van der Waals surface area contributed by atoms with Gasteiger partial charge in [-0.05, 0) is 42.8 Å². The number of benzene rings is 1. The normalized spacial score (nSPS) is 11.1. The highest BCUT2D eigenvalue weighted by Crippen LogP contribution is 2.21. The fraction of sp³-hybridized carbons (Fsp3) is 0.214. The third-order valence-corrected chi connectivity index (χ3v) is 3.99. The van der Waals surface area contributed by atoms with Crippen LogP contribution in [0.2, 0.25) is 0 Å². The van der Waals surface area contributed by atoms with Gasteiger partial charge in [-0.3, -0.25) is 4.72 Å². The van der Waals surface area contributed by atoms with Crippen molar-refractivity contribution in [2.24, 2.45) is 0 Å². The van der Waals surface area contributed by atoms with Crippen LogP contribution in [0, 0.1) is 0 Å². The monoisotopic (exact) mass is 307 g/mol. The van der Waals surface area contributed by atoms with Gasteiger partial charge >= 0.3 is 0 Å². The van der Waals surface area contributed by atoms with Crippen LogP contribution < -0.4 is 15.2 Å². The second-order valence-corrected chi connectivity index (χ2v) is 5.97. The smallest absolute Gasteiger partial charge is 0.281 e. The van der Waals surface area contributed by atoms with E-state index in [-0.39, 0.29) is 10.7 Å². The van der Waals surface area contributed by atoms with Gasteiger partial charge in [-0.15, -0.1) is 0 Å². The van der Waals surface area contributed by atoms with E-state index >= 15 is 0 Å². The summed E-state index contributed by atoms with van der Waals surface area (Å²) < 4.78 is 32.3. The maximum atomic E-state index is 12.2. The predicted octanol–water partition coefficient (Wildman–Crippen LogP) is 2.25. The van der Waals surface area contributed by atoms with Gasteiger partial charge < -0.3 is 10.5 Å². The molecule has 0 unspecified atom stereocenters. The van der Waals surface area contributed by atoms with Crippen molar-refractivity contribution in [3.05, 3.63) is 42.6 Å². The minimum absolute atomic E-state index is 0.105. The maximum absolute atomic E-state index is 12.2. The van der Waals surface area contributed by atoms with E-state index < -0.39 is 10.0 Å². The molecule has 6 nitrogen and oxygen atoms in total. The Kier molecular flexibility index (Phi) is 4.64. The number of nitrogen functional groups attached to an aromatic ring is 1. The van der Waals surface area contributed by atoms with Crippen molar-refractivity contribution in [3.63, 3.8) is 0 Å². The van der Waals surface area contributed by atoms with Crippen LogP contribution >= 0.6 is 0 Å². The van der Waals surface area contributed by atoms with E-state index in [1.165, 1.54) is 12.3 Å². The van der Waals surface area contributed by atoms with Gasteiger partial charge in [0.15, 0.2) is 5.03 Å². The molecule has 0 saturated heterocycles. The summed E-state index contributed by atoms with van der Waals surface area (Å²) >= 11 is 0. The Balaban J connectivity index is 2.16. The Labute approximate surface area is 124 Å². The van der Waals surface area contributed by atoms with Crippen molar-refractivity contribution in [2.45, 2.75) is 18.4 Å². The molecule has 0 spiro atoms. The second-order valence-electron chi connectivity index (χ2n) is 4.38. The molecule has 0 bridgehead atoms. The van der Waals surface area contributed by atoms with Gasteiger partial charge in [0.1, 0.15) is 5.75 Å².